The first-order valence-electron chi connectivity index (χ1n) is 11.5. The third-order valence-corrected chi connectivity index (χ3v) is 4.69. The van der Waals surface area contributed by atoms with Crippen LogP contribution in [0.2, 0.25) is 0 Å². The SMILES string of the molecule is O=C(O)CCCCCNc1nc(NCCCCCC(=O)O)nc(NCCCCCC(=O)O)n1.[AlH3]. The minimum Gasteiger partial charge on any atom is -0.481 e. The van der Waals surface area contributed by atoms with E-state index in [0.717, 1.165) is 38.5 Å². The van der Waals surface area contributed by atoms with Crippen molar-refractivity contribution in [2.45, 2.75) is 77.0 Å². The fourth-order valence-electron chi connectivity index (χ4n) is 2.95. The quantitative estimate of drug-likeness (QED) is 0.107. The van der Waals surface area contributed by atoms with E-state index in [9.17, 15) is 14.4 Å². The maximum Gasteiger partial charge on any atom is 0.303 e. The molecule has 1 aromatic rings. The van der Waals surface area contributed by atoms with Crippen LogP contribution < -0.4 is 16.0 Å². The molecule has 0 spiro atoms. The molecule has 0 atom stereocenters. The lowest BCUT2D eigenvalue weighted by Gasteiger charge is -2.11. The number of unbranched alkanes of at least 4 members (excludes halogenated alkanes) is 6. The maximum absolute atomic E-state index is 10.6. The van der Waals surface area contributed by atoms with E-state index in [2.05, 4.69) is 30.9 Å². The number of nitrogens with one attached hydrogen (secondary N) is 3. The van der Waals surface area contributed by atoms with E-state index in [4.69, 9.17) is 15.3 Å². The van der Waals surface area contributed by atoms with Gasteiger partial charge in [-0.2, -0.15) is 15.0 Å². The summed E-state index contributed by atoms with van der Waals surface area (Å²) < 4.78 is 0. The number of nitrogens with zero attached hydrogens (tertiary/aromatic N) is 3. The molecule has 0 fully saturated rings. The lowest BCUT2D eigenvalue weighted by Crippen LogP contribution is -2.14. The monoisotopic (exact) mass is 498 g/mol. The Morgan fingerprint density at radius 1 is 0.500 bits per heavy atom. The van der Waals surface area contributed by atoms with Gasteiger partial charge in [0.15, 0.2) is 17.4 Å². The summed E-state index contributed by atoms with van der Waals surface area (Å²) >= 11 is 0. The molecule has 0 aromatic carbocycles. The Labute approximate surface area is 210 Å². The number of rotatable bonds is 21. The summed E-state index contributed by atoms with van der Waals surface area (Å²) in [6.07, 6.45) is 7.07. The van der Waals surface area contributed by atoms with Crippen LogP contribution in [0.5, 0.6) is 0 Å². The molecule has 0 saturated heterocycles. The van der Waals surface area contributed by atoms with Crippen molar-refractivity contribution in [1.29, 1.82) is 0 Å². The molecule has 6 N–H and O–H groups in total. The van der Waals surface area contributed by atoms with Gasteiger partial charge in [0.25, 0.3) is 0 Å². The Balaban J connectivity index is 0.0000109. The molecule has 1 rings (SSSR count). The van der Waals surface area contributed by atoms with E-state index in [0.29, 0.717) is 56.7 Å². The van der Waals surface area contributed by atoms with Crippen molar-refractivity contribution in [2.24, 2.45) is 0 Å². The highest BCUT2D eigenvalue weighted by Crippen LogP contribution is 2.11. The average molecular weight is 499 g/mol. The fourth-order valence-corrected chi connectivity index (χ4v) is 2.95. The zero-order chi connectivity index (χ0) is 24.3. The smallest absolute Gasteiger partial charge is 0.303 e. The first-order chi connectivity index (χ1) is 15.9. The second kappa shape index (κ2) is 19.8. The molecule has 0 saturated carbocycles. The van der Waals surface area contributed by atoms with Crippen LogP contribution >= 0.6 is 0 Å². The van der Waals surface area contributed by atoms with Crippen LogP contribution in [-0.4, -0.2) is 85.2 Å². The summed E-state index contributed by atoms with van der Waals surface area (Å²) in [4.78, 5) is 44.8. The normalized spacial score (nSPS) is 10.2. The number of carboxylic acid groups (broad SMARTS) is 3. The molecule has 34 heavy (non-hydrogen) atoms. The Morgan fingerprint density at radius 2 is 0.765 bits per heavy atom. The second-order valence-electron chi connectivity index (χ2n) is 7.70. The van der Waals surface area contributed by atoms with Crippen LogP contribution in [0.25, 0.3) is 0 Å². The van der Waals surface area contributed by atoms with Crippen LogP contribution in [0.1, 0.15) is 77.0 Å². The largest absolute Gasteiger partial charge is 0.481 e. The molecule has 0 aliphatic carbocycles. The first kappa shape index (κ1) is 31.4. The third-order valence-electron chi connectivity index (χ3n) is 4.69. The van der Waals surface area contributed by atoms with Crippen LogP contribution in [-0.2, 0) is 14.4 Å². The van der Waals surface area contributed by atoms with Crippen molar-refractivity contribution in [3.05, 3.63) is 0 Å². The number of hydrogen-bond donors (Lipinski definition) is 6. The van der Waals surface area contributed by atoms with E-state index in [1.165, 1.54) is 0 Å². The lowest BCUT2D eigenvalue weighted by molar-refractivity contribution is -0.138. The fraction of sp³-hybridized carbons (Fsp3) is 0.714. The zero-order valence-electron chi connectivity index (χ0n) is 19.0. The Bertz CT molecular complexity index is 632. The minimum atomic E-state index is -0.794. The molecule has 0 aliphatic rings. The van der Waals surface area contributed by atoms with E-state index in [-0.39, 0.29) is 36.6 Å². The van der Waals surface area contributed by atoms with E-state index < -0.39 is 17.9 Å². The summed E-state index contributed by atoms with van der Waals surface area (Å²) in [5.41, 5.74) is 0. The summed E-state index contributed by atoms with van der Waals surface area (Å²) in [5.74, 6) is -1.16. The Hall–Kier alpha value is -2.65. The van der Waals surface area contributed by atoms with Gasteiger partial charge in [0.1, 0.15) is 0 Å². The van der Waals surface area contributed by atoms with Gasteiger partial charge >= 0.3 is 17.9 Å². The highest BCUT2D eigenvalue weighted by molar-refractivity contribution is 5.75. The van der Waals surface area contributed by atoms with Gasteiger partial charge < -0.3 is 31.3 Å². The van der Waals surface area contributed by atoms with Crippen molar-refractivity contribution in [3.8, 4) is 0 Å². The lowest BCUT2D eigenvalue weighted by atomic mass is 10.2. The van der Waals surface area contributed by atoms with E-state index in [1.54, 1.807) is 0 Å². The topological polar surface area (TPSA) is 187 Å². The maximum atomic E-state index is 10.6. The predicted octanol–water partition coefficient (Wildman–Crippen LogP) is 1.86. The van der Waals surface area contributed by atoms with Gasteiger partial charge in [-0.25, -0.2) is 0 Å². The first-order valence-corrected chi connectivity index (χ1v) is 11.5. The standard InChI is InChI=1S/C21H36N6O6.Al.3H/c28-16(29)10-4-1-7-13-22-19-25-20(23-14-8-2-5-11-17(30)31)27-21(26-19)24-15-9-3-6-12-18(32)33;;;;/h1-15H2,(H,28,29)(H,30,31)(H,32,33)(H3,22,23,24,25,26,27);;;;. The van der Waals surface area contributed by atoms with Crippen molar-refractivity contribution >= 4 is 53.1 Å². The average Bonchev–Trinajstić information content (AvgIpc) is 2.75. The molecule has 0 aliphatic heterocycles. The molecule has 0 unspecified atom stereocenters. The van der Waals surface area contributed by atoms with Crippen molar-refractivity contribution < 1.29 is 29.7 Å². The van der Waals surface area contributed by atoms with Gasteiger partial charge in [-0.1, -0.05) is 19.3 Å². The Morgan fingerprint density at radius 3 is 1.00 bits per heavy atom. The number of aromatic nitrogens is 3. The molecular formula is C21H39AlN6O6. The van der Waals surface area contributed by atoms with Crippen molar-refractivity contribution in [3.63, 3.8) is 0 Å². The highest BCUT2D eigenvalue weighted by atomic mass is 27.0. The van der Waals surface area contributed by atoms with Gasteiger partial charge in [0.05, 0.1) is 0 Å². The zero-order valence-corrected chi connectivity index (χ0v) is 19.0. The molecular weight excluding hydrogens is 459 g/mol. The summed E-state index contributed by atoms with van der Waals surface area (Å²) in [6.45, 7) is 1.81. The number of aliphatic carboxylic acids is 3. The van der Waals surface area contributed by atoms with E-state index >= 15 is 0 Å². The van der Waals surface area contributed by atoms with Crippen LogP contribution in [0, 0.1) is 0 Å². The molecule has 1 aromatic heterocycles. The molecule has 0 amide bonds. The minimum absolute atomic E-state index is 0. The van der Waals surface area contributed by atoms with Crippen molar-refractivity contribution in [1.82, 2.24) is 15.0 Å². The number of carboxylic acids is 3. The van der Waals surface area contributed by atoms with Crippen LogP contribution in [0.15, 0.2) is 0 Å². The van der Waals surface area contributed by atoms with Crippen LogP contribution in [0.4, 0.5) is 17.8 Å². The van der Waals surface area contributed by atoms with Gasteiger partial charge in [-0.05, 0) is 38.5 Å². The molecule has 12 nitrogen and oxygen atoms in total. The number of carbonyl (C=O) groups is 3. The molecule has 1 heterocycles. The molecule has 0 radical (unpaired) electrons. The molecule has 192 valence electrons. The number of anilines is 3. The van der Waals surface area contributed by atoms with Gasteiger partial charge in [0, 0.05) is 38.9 Å². The Kier molecular flexibility index (Phi) is 18.2. The van der Waals surface area contributed by atoms with Gasteiger partial charge in [0.2, 0.25) is 17.8 Å². The van der Waals surface area contributed by atoms with Gasteiger partial charge in [-0.3, -0.25) is 14.4 Å². The summed E-state index contributed by atoms with van der Waals surface area (Å²) in [6, 6.07) is 0. The molecule has 0 bridgehead atoms. The van der Waals surface area contributed by atoms with Crippen molar-refractivity contribution in [2.75, 3.05) is 35.6 Å². The number of hydrogen-bond acceptors (Lipinski definition) is 9. The molecule has 13 heteroatoms. The summed E-state index contributed by atoms with van der Waals surface area (Å²) in [7, 11) is 0. The summed E-state index contributed by atoms with van der Waals surface area (Å²) in [5, 5.41) is 35.5. The van der Waals surface area contributed by atoms with E-state index in [1.807, 2.05) is 0 Å². The second-order valence-corrected chi connectivity index (χ2v) is 7.70. The predicted molar refractivity (Wildman–Crippen MR) is 134 cm³/mol. The highest BCUT2D eigenvalue weighted by Gasteiger charge is 2.07. The van der Waals surface area contributed by atoms with Crippen LogP contribution in [0.3, 0.4) is 0 Å². The third kappa shape index (κ3) is 17.9. The van der Waals surface area contributed by atoms with Gasteiger partial charge in [-0.15, -0.1) is 0 Å².